The van der Waals surface area contributed by atoms with E-state index in [9.17, 15) is 63.0 Å². The Labute approximate surface area is 618 Å². The molecule has 3 amide bonds. The second kappa shape index (κ2) is 49.1. The van der Waals surface area contributed by atoms with Gasteiger partial charge in [0.25, 0.3) is 0 Å². The summed E-state index contributed by atoms with van der Waals surface area (Å²) < 4.78 is 0. The Kier molecular flexibility index (Phi) is 44.4. The van der Waals surface area contributed by atoms with E-state index in [4.69, 9.17) is 17.4 Å². The number of ketones is 8. The lowest BCUT2D eigenvalue weighted by Crippen LogP contribution is -2.61. The number of aliphatic hydroxyl groups is 1. The maximum Gasteiger partial charge on any atom is 0.239 e. The van der Waals surface area contributed by atoms with Gasteiger partial charge in [-0.1, -0.05) is 141 Å². The van der Waals surface area contributed by atoms with Crippen LogP contribution >= 0.6 is 0 Å². The van der Waals surface area contributed by atoms with Crippen LogP contribution in [0.2, 0.25) is 0 Å². The molecule has 4 aromatic rings. The van der Waals surface area contributed by atoms with Gasteiger partial charge in [0.15, 0.2) is 5.78 Å². The highest BCUT2D eigenvalue weighted by Gasteiger charge is 2.41. The number of unbranched alkanes of at least 4 members (excludes halogenated alkanes) is 5. The highest BCUT2D eigenvalue weighted by molar-refractivity contribution is 6.42. The lowest BCUT2D eigenvalue weighted by molar-refractivity contribution is -0.142. The number of nitrogens with zero attached hydrogens (tertiary/aromatic N) is 1. The number of para-hydroxylation sites is 1. The monoisotopic (exact) mass is 1450 g/mol. The van der Waals surface area contributed by atoms with Gasteiger partial charge in [0.1, 0.15) is 35.2 Å². The van der Waals surface area contributed by atoms with Gasteiger partial charge in [-0.15, -0.1) is 0 Å². The number of carbonyl (C=O) groups is 11. The van der Waals surface area contributed by atoms with Crippen LogP contribution in [0.15, 0.2) is 97.2 Å². The number of benzene rings is 3. The van der Waals surface area contributed by atoms with Crippen molar-refractivity contribution in [3.8, 4) is 5.75 Å². The van der Waals surface area contributed by atoms with Crippen molar-refractivity contribution >= 4 is 74.9 Å². The number of aromatic amines is 1. The summed E-state index contributed by atoms with van der Waals surface area (Å²) >= 11 is 0. The van der Waals surface area contributed by atoms with Crippen molar-refractivity contribution in [1.82, 2.24) is 42.0 Å². The number of H-pyrrole nitrogens is 1. The normalized spacial score (nSPS) is 15.1. The van der Waals surface area contributed by atoms with Crippen LogP contribution in [0.4, 0.5) is 0 Å². The number of likely N-dealkylation sites (N-methyl/N-ethyl adjacent to an activating group) is 1. The quantitative estimate of drug-likeness (QED) is 0.00651. The molecule has 580 valence electrons. The average Bonchev–Trinajstić information content (AvgIpc) is 1.13. The van der Waals surface area contributed by atoms with E-state index in [1.165, 1.54) is 32.9 Å². The molecule has 104 heavy (non-hydrogen) atoms. The molecule has 0 aliphatic carbocycles. The van der Waals surface area contributed by atoms with Gasteiger partial charge in [-0.3, -0.25) is 75.1 Å². The Morgan fingerprint density at radius 1 is 0.587 bits per heavy atom. The molecule has 11 atom stereocenters. The third kappa shape index (κ3) is 35.3. The number of aliphatic hydroxyl groups excluding tert-OH is 1. The average molecular weight is 1450 g/mol. The molecule has 1 heterocycles. The number of aromatic nitrogens is 1. The van der Waals surface area contributed by atoms with Crippen molar-refractivity contribution in [2.75, 3.05) is 20.6 Å². The first-order valence-electron chi connectivity index (χ1n) is 36.7. The van der Waals surface area contributed by atoms with Crippen LogP contribution in [0, 0.1) is 23.7 Å². The van der Waals surface area contributed by atoms with Crippen molar-refractivity contribution in [1.29, 1.82) is 0 Å². The molecule has 24 heteroatoms. The number of phenols is 1. The van der Waals surface area contributed by atoms with Crippen molar-refractivity contribution in [2.45, 2.75) is 260 Å². The molecule has 0 bridgehead atoms. The van der Waals surface area contributed by atoms with E-state index in [1.54, 1.807) is 39.8 Å². The summed E-state index contributed by atoms with van der Waals surface area (Å²) in [6.07, 6.45) is 15.3. The van der Waals surface area contributed by atoms with Crippen LogP contribution in [-0.4, -0.2) is 158 Å². The molecule has 0 saturated heterocycles. The molecule has 0 fully saturated rings. The third-order valence-corrected chi connectivity index (χ3v) is 18.4. The molecule has 0 saturated carbocycles. The van der Waals surface area contributed by atoms with Crippen LogP contribution in [0.5, 0.6) is 5.75 Å². The first-order chi connectivity index (χ1) is 48.8. The number of allylic oxidation sites excluding steroid dienone is 2. The van der Waals surface area contributed by atoms with Crippen molar-refractivity contribution in [3.63, 3.8) is 0 Å². The summed E-state index contributed by atoms with van der Waals surface area (Å²) in [6.45, 7) is 26.9. The number of nitrogens with one attached hydrogen (secondary N) is 7. The molecule has 4 rings (SSSR count). The van der Waals surface area contributed by atoms with Crippen LogP contribution in [0.3, 0.4) is 0 Å². The van der Waals surface area contributed by atoms with Crippen molar-refractivity contribution < 1.29 is 63.0 Å². The smallest absolute Gasteiger partial charge is 0.239 e. The van der Waals surface area contributed by atoms with Crippen LogP contribution in [-0.2, 0) is 72.0 Å². The minimum atomic E-state index is -1.50. The molecule has 0 radical (unpaired) electrons. The maximum absolute atomic E-state index is 13.8. The SMILES string of the molecule is CC(=O)CN(C)C.CC(=O)[C@H](Cc1c[nH]c2ccccc12)NC(C)C(=O)C(=O)[C@H](Cc1ccc(O)cc1)NN.CC[C@@H](CC(C)C)C(=O)N[C@@](C)(CCC/C=C/CCCCCC[C@@](C)(N[C@@H](CC(C)C)C(=O)C(=O)[C@@H](NC(=O)[C@H](Cc1ccccc1)NN)[C@@H](C)O)C(C)=O)C(C)=O.CC[C@H](C)C(N)=O. The van der Waals surface area contributed by atoms with E-state index < -0.39 is 82.5 Å². The molecule has 0 aliphatic heterocycles. The van der Waals surface area contributed by atoms with Crippen LogP contribution in [0.1, 0.15) is 204 Å². The number of hydrogen-bond donors (Lipinski definition) is 12. The number of fused-ring (bicyclic) bond motifs is 1. The number of aromatic hydroxyl groups is 1. The summed E-state index contributed by atoms with van der Waals surface area (Å²) in [5, 5.41) is 32.8. The Morgan fingerprint density at radius 3 is 1.61 bits per heavy atom. The predicted molar refractivity (Wildman–Crippen MR) is 411 cm³/mol. The van der Waals surface area contributed by atoms with Gasteiger partial charge in [-0.05, 0) is 200 Å². The summed E-state index contributed by atoms with van der Waals surface area (Å²) in [7, 11) is 3.75. The van der Waals surface area contributed by atoms with Crippen LogP contribution < -0.4 is 49.5 Å². The lowest BCUT2D eigenvalue weighted by Gasteiger charge is -2.34. The number of hydrazine groups is 2. The lowest BCUT2D eigenvalue weighted by atomic mass is 9.86. The fourth-order valence-electron chi connectivity index (χ4n) is 11.5. The zero-order valence-electron chi connectivity index (χ0n) is 65.2. The Morgan fingerprint density at radius 2 is 1.12 bits per heavy atom. The minimum absolute atomic E-state index is 0.00225. The zero-order chi connectivity index (χ0) is 79.0. The molecule has 1 aromatic heterocycles. The molecular formula is C80H127N11O13. The van der Waals surface area contributed by atoms with E-state index in [0.29, 0.717) is 31.7 Å². The van der Waals surface area contributed by atoms with Crippen molar-refractivity contribution in [3.05, 3.63) is 114 Å². The number of phenolic OH excluding ortho intramolecular Hbond substituents is 1. The summed E-state index contributed by atoms with van der Waals surface area (Å²) in [5.41, 5.74) is 11.3. The first kappa shape index (κ1) is 94.2. The molecule has 0 spiro atoms. The van der Waals surface area contributed by atoms with Gasteiger partial charge in [0.2, 0.25) is 40.9 Å². The highest BCUT2D eigenvalue weighted by atomic mass is 16.3. The van der Waals surface area contributed by atoms with E-state index in [1.807, 2.05) is 121 Å². The van der Waals surface area contributed by atoms with E-state index in [-0.39, 0.29) is 77.7 Å². The number of primary amides is 1. The molecule has 24 nitrogen and oxygen atoms in total. The summed E-state index contributed by atoms with van der Waals surface area (Å²) in [5.74, 6) is 7.62. The third-order valence-electron chi connectivity index (χ3n) is 18.4. The second-order valence-electron chi connectivity index (χ2n) is 29.1. The Hall–Kier alpha value is -7.81. The van der Waals surface area contributed by atoms with Crippen molar-refractivity contribution in [2.24, 2.45) is 41.1 Å². The molecule has 3 aromatic carbocycles. The summed E-state index contributed by atoms with van der Waals surface area (Å²) in [6, 6.07) is 17.5. The zero-order valence-corrected chi connectivity index (χ0v) is 65.2. The molecule has 15 N–H and O–H groups in total. The number of carbonyl (C=O) groups excluding carboxylic acids is 11. The highest BCUT2D eigenvalue weighted by Crippen LogP contribution is 2.25. The standard InChI is InChI=1S/C46H77N5O7.C24H28N4O4.2C5H11NO/c1-11-37(28-31(2)3)43(57)50-46(10,35(8)54)27-23-18-16-14-12-13-15-17-22-26-45(9,34(7)53)49-38(29-32(4)5)41(55)42(56)40(33(6)52)48-44(58)39(51-47)30-36-24-20-19-21-25-36;1-14(23(31)24(32)22(28-25)11-16-7-9-18(30)10-8-16)27-21(15(2)29)12-17-13-26-20-6-4-3-5-19(17)20;1-5(7)4-6(2)3;1-3-4(2)5(6)7/h14,16,19-21,24-25,31-33,37-40,49,51-52H,11-13,15,17-18,22-23,26-30,47H2,1-10H3,(H,48,58)(H,50,57);3-10,13-14,21-22,26-28,30H,11-12,25H2,1-2H3;4H2,1-3H3;4H,3H2,1-2H3,(H2,6,7)/b16-14+;;;/t33-,37+,38+,39+,40+,45-,46+;14?,21-,22-;;4-/m10.0/s1. The van der Waals surface area contributed by atoms with Gasteiger partial charge >= 0.3 is 0 Å². The fourth-order valence-corrected chi connectivity index (χ4v) is 11.5. The summed E-state index contributed by atoms with van der Waals surface area (Å²) in [4.78, 5) is 142. The number of hydrogen-bond acceptors (Lipinski definition) is 20. The number of amides is 3. The predicted octanol–water partition coefficient (Wildman–Crippen LogP) is 8.24. The molecular weight excluding hydrogens is 1320 g/mol. The Balaban J connectivity index is 0.000000966. The number of nitrogens with two attached hydrogens (primary N) is 3. The number of rotatable bonds is 46. The molecule has 0 aliphatic rings. The first-order valence-corrected chi connectivity index (χ1v) is 36.7. The van der Waals surface area contributed by atoms with E-state index in [0.717, 1.165) is 91.8 Å². The maximum atomic E-state index is 13.8. The second-order valence-corrected chi connectivity index (χ2v) is 29.1. The van der Waals surface area contributed by atoms with Gasteiger partial charge in [-0.2, -0.15) is 0 Å². The van der Waals surface area contributed by atoms with E-state index >= 15 is 0 Å². The van der Waals surface area contributed by atoms with Gasteiger partial charge in [0.05, 0.1) is 47.9 Å². The fraction of sp³-hybridized carbons (Fsp3) is 0.588. The van der Waals surface area contributed by atoms with E-state index in [2.05, 4.69) is 63.1 Å². The topological polar surface area (TPSA) is 397 Å². The van der Waals surface area contributed by atoms with Gasteiger partial charge in [0, 0.05) is 28.9 Å². The minimum Gasteiger partial charge on any atom is -0.508 e. The molecule has 1 unspecified atom stereocenters. The Bertz CT molecular complexity index is 3350. The largest absolute Gasteiger partial charge is 0.508 e. The van der Waals surface area contributed by atoms with Crippen LogP contribution in [0.25, 0.3) is 10.9 Å². The van der Waals surface area contributed by atoms with Gasteiger partial charge in [-0.25, -0.2) is 10.9 Å². The number of Topliss-reactive ketones (excluding diaryl/α,β-unsaturated/α-hetero) is 8. The van der Waals surface area contributed by atoms with Gasteiger partial charge < -0.3 is 36.5 Å².